The van der Waals surface area contributed by atoms with E-state index in [1.165, 1.54) is 0 Å². The maximum Gasteiger partial charge on any atom is 0.319 e. The highest BCUT2D eigenvalue weighted by molar-refractivity contribution is 6.31. The predicted octanol–water partition coefficient (Wildman–Crippen LogP) is 2.38. The second-order valence-corrected chi connectivity index (χ2v) is 5.01. The Bertz CT molecular complexity index is 497. The molecule has 0 aliphatic heterocycles. The first-order valence-electron chi connectivity index (χ1n) is 5.76. The molecule has 0 unspecified atom stereocenters. The number of nitrogens with one attached hydrogen (secondary N) is 1. The van der Waals surface area contributed by atoms with Gasteiger partial charge in [-0.05, 0) is 31.4 Å². The number of hydrogen-bond acceptors (Lipinski definition) is 2. The maximum atomic E-state index is 11.9. The van der Waals surface area contributed by atoms with Gasteiger partial charge in [-0.15, -0.1) is 0 Å². The quantitative estimate of drug-likeness (QED) is 0.823. The van der Waals surface area contributed by atoms with E-state index in [0.717, 1.165) is 5.56 Å². The minimum Gasteiger partial charge on any atom is -0.480 e. The number of halogens is 1. The van der Waals surface area contributed by atoms with Crippen LogP contribution in [0.4, 0.5) is 0 Å². The number of aliphatic carboxylic acids is 1. The van der Waals surface area contributed by atoms with E-state index in [0.29, 0.717) is 17.9 Å². The average molecular weight is 268 g/mol. The van der Waals surface area contributed by atoms with Crippen molar-refractivity contribution >= 4 is 23.5 Å². The van der Waals surface area contributed by atoms with Gasteiger partial charge in [-0.25, -0.2) is 0 Å². The highest BCUT2D eigenvalue weighted by Gasteiger charge is 2.57. The molecule has 0 spiro atoms. The summed E-state index contributed by atoms with van der Waals surface area (Å²) in [7, 11) is 0. The number of carboxylic acid groups (broad SMARTS) is 1. The molecule has 0 aromatic heterocycles. The highest BCUT2D eigenvalue weighted by atomic mass is 35.5. The van der Waals surface area contributed by atoms with Crippen molar-refractivity contribution in [2.24, 2.45) is 5.41 Å². The molecule has 1 amide bonds. The number of benzene rings is 1. The summed E-state index contributed by atoms with van der Waals surface area (Å²) in [5, 5.41) is 12.3. The predicted molar refractivity (Wildman–Crippen MR) is 67.3 cm³/mol. The number of amides is 1. The lowest BCUT2D eigenvalue weighted by Crippen LogP contribution is -2.38. The van der Waals surface area contributed by atoms with Gasteiger partial charge in [-0.1, -0.05) is 29.8 Å². The molecule has 18 heavy (non-hydrogen) atoms. The number of carboxylic acids is 1. The molecule has 0 heterocycles. The molecule has 0 radical (unpaired) electrons. The van der Waals surface area contributed by atoms with Crippen molar-refractivity contribution in [1.29, 1.82) is 0 Å². The van der Waals surface area contributed by atoms with Crippen molar-refractivity contribution in [3.8, 4) is 0 Å². The maximum absolute atomic E-state index is 11.9. The Kier molecular flexibility index (Phi) is 3.30. The van der Waals surface area contributed by atoms with Crippen LogP contribution in [0.3, 0.4) is 0 Å². The van der Waals surface area contributed by atoms with E-state index in [1.807, 2.05) is 12.1 Å². The fourth-order valence-corrected chi connectivity index (χ4v) is 2.20. The number of hydrogen-bond donors (Lipinski definition) is 2. The van der Waals surface area contributed by atoms with Crippen molar-refractivity contribution in [3.05, 3.63) is 34.9 Å². The van der Waals surface area contributed by atoms with Crippen LogP contribution >= 0.6 is 11.6 Å². The SMILES string of the molecule is C[C@@H](NC(=O)C1(C(=O)O)CC1)c1ccccc1Cl. The fourth-order valence-electron chi connectivity index (χ4n) is 1.90. The van der Waals surface area contributed by atoms with Gasteiger partial charge in [0.15, 0.2) is 0 Å². The smallest absolute Gasteiger partial charge is 0.319 e. The van der Waals surface area contributed by atoms with Gasteiger partial charge in [0.25, 0.3) is 0 Å². The van der Waals surface area contributed by atoms with Crippen LogP contribution in [-0.4, -0.2) is 17.0 Å². The molecule has 1 aromatic carbocycles. The monoisotopic (exact) mass is 267 g/mol. The Morgan fingerprint density at radius 3 is 2.50 bits per heavy atom. The summed E-state index contributed by atoms with van der Waals surface area (Å²) in [6.07, 6.45) is 0.812. The van der Waals surface area contributed by atoms with Crippen LogP contribution in [0.5, 0.6) is 0 Å². The van der Waals surface area contributed by atoms with Crippen LogP contribution in [0.1, 0.15) is 31.4 Å². The van der Waals surface area contributed by atoms with E-state index in [-0.39, 0.29) is 6.04 Å². The zero-order valence-corrected chi connectivity index (χ0v) is 10.7. The number of rotatable bonds is 4. The van der Waals surface area contributed by atoms with Gasteiger partial charge in [0, 0.05) is 5.02 Å². The molecule has 4 nitrogen and oxygen atoms in total. The summed E-state index contributed by atoms with van der Waals surface area (Å²) >= 11 is 6.03. The average Bonchev–Trinajstić information content (AvgIpc) is 3.10. The topological polar surface area (TPSA) is 66.4 Å². The number of carbonyl (C=O) groups is 2. The Labute approximate surface area is 110 Å². The van der Waals surface area contributed by atoms with Crippen molar-refractivity contribution < 1.29 is 14.7 Å². The van der Waals surface area contributed by atoms with Crippen molar-refractivity contribution in [2.45, 2.75) is 25.8 Å². The second kappa shape index (κ2) is 4.61. The van der Waals surface area contributed by atoms with Gasteiger partial charge in [-0.2, -0.15) is 0 Å². The lowest BCUT2D eigenvalue weighted by molar-refractivity contribution is -0.149. The summed E-state index contributed by atoms with van der Waals surface area (Å²) in [4.78, 5) is 23.0. The zero-order chi connectivity index (χ0) is 13.3. The van der Waals surface area contributed by atoms with Crippen LogP contribution in [0, 0.1) is 5.41 Å². The normalized spacial score (nSPS) is 17.9. The van der Waals surface area contributed by atoms with Crippen molar-refractivity contribution in [1.82, 2.24) is 5.32 Å². The van der Waals surface area contributed by atoms with Gasteiger partial charge in [0.2, 0.25) is 5.91 Å². The molecule has 2 rings (SSSR count). The van der Waals surface area contributed by atoms with E-state index in [1.54, 1.807) is 19.1 Å². The third-order valence-electron chi connectivity index (χ3n) is 3.31. The molecule has 1 aliphatic rings. The Morgan fingerprint density at radius 2 is 2.00 bits per heavy atom. The molecule has 1 aliphatic carbocycles. The Balaban J connectivity index is 2.09. The summed E-state index contributed by atoms with van der Waals surface area (Å²) in [6, 6.07) is 6.88. The first-order chi connectivity index (χ1) is 8.47. The molecule has 2 N–H and O–H groups in total. The van der Waals surface area contributed by atoms with Gasteiger partial charge >= 0.3 is 5.97 Å². The van der Waals surface area contributed by atoms with E-state index in [4.69, 9.17) is 16.7 Å². The summed E-state index contributed by atoms with van der Waals surface area (Å²) in [5.41, 5.74) is -0.427. The van der Waals surface area contributed by atoms with Crippen LogP contribution in [0.2, 0.25) is 5.02 Å². The van der Waals surface area contributed by atoms with Gasteiger partial charge < -0.3 is 10.4 Å². The standard InChI is InChI=1S/C13H14ClNO3/c1-8(9-4-2-3-5-10(9)14)15-11(16)13(6-7-13)12(17)18/h2-5,8H,6-7H2,1H3,(H,15,16)(H,17,18)/t8-/m1/s1. The summed E-state index contributed by atoms with van der Waals surface area (Å²) < 4.78 is 0. The largest absolute Gasteiger partial charge is 0.480 e. The zero-order valence-electron chi connectivity index (χ0n) is 9.94. The summed E-state index contributed by atoms with van der Waals surface area (Å²) in [6.45, 7) is 1.79. The molecule has 1 aromatic rings. The molecular formula is C13H14ClNO3. The van der Waals surface area contributed by atoms with E-state index >= 15 is 0 Å². The van der Waals surface area contributed by atoms with E-state index in [9.17, 15) is 9.59 Å². The van der Waals surface area contributed by atoms with Gasteiger partial charge in [0.1, 0.15) is 5.41 Å². The van der Waals surface area contributed by atoms with Crippen LogP contribution in [0.25, 0.3) is 0 Å². The third kappa shape index (κ3) is 2.20. The summed E-state index contributed by atoms with van der Waals surface area (Å²) in [5.74, 6) is -1.48. The fraction of sp³-hybridized carbons (Fsp3) is 0.385. The third-order valence-corrected chi connectivity index (χ3v) is 3.66. The molecule has 1 fully saturated rings. The van der Waals surface area contributed by atoms with Gasteiger partial charge in [0.05, 0.1) is 6.04 Å². The van der Waals surface area contributed by atoms with Crippen LogP contribution < -0.4 is 5.32 Å². The Hall–Kier alpha value is -1.55. The molecule has 96 valence electrons. The molecule has 1 saturated carbocycles. The van der Waals surface area contributed by atoms with Crippen molar-refractivity contribution in [3.63, 3.8) is 0 Å². The molecule has 1 atom stereocenters. The number of carbonyl (C=O) groups excluding carboxylic acids is 1. The first kappa shape index (κ1) is 12.9. The molecular weight excluding hydrogens is 254 g/mol. The molecule has 5 heteroatoms. The minimum absolute atomic E-state index is 0.303. The van der Waals surface area contributed by atoms with Crippen LogP contribution in [0.15, 0.2) is 24.3 Å². The minimum atomic E-state index is -1.21. The second-order valence-electron chi connectivity index (χ2n) is 4.60. The van der Waals surface area contributed by atoms with E-state index in [2.05, 4.69) is 5.32 Å². The lowest BCUT2D eigenvalue weighted by Gasteiger charge is -2.18. The van der Waals surface area contributed by atoms with E-state index < -0.39 is 17.3 Å². The van der Waals surface area contributed by atoms with Crippen LogP contribution in [-0.2, 0) is 9.59 Å². The molecule has 0 bridgehead atoms. The van der Waals surface area contributed by atoms with Gasteiger partial charge in [-0.3, -0.25) is 9.59 Å². The van der Waals surface area contributed by atoms with Crippen molar-refractivity contribution in [2.75, 3.05) is 0 Å². The Morgan fingerprint density at radius 1 is 1.39 bits per heavy atom. The first-order valence-corrected chi connectivity index (χ1v) is 6.14. The highest BCUT2D eigenvalue weighted by Crippen LogP contribution is 2.46. The molecule has 0 saturated heterocycles. The lowest BCUT2D eigenvalue weighted by atomic mass is 10.0.